The van der Waals surface area contributed by atoms with Crippen molar-refractivity contribution in [2.45, 2.75) is 20.0 Å². The summed E-state index contributed by atoms with van der Waals surface area (Å²) in [6.07, 6.45) is 3.28. The molecule has 0 bridgehead atoms. The van der Waals surface area contributed by atoms with Crippen LogP contribution >= 0.6 is 11.3 Å². The highest BCUT2D eigenvalue weighted by molar-refractivity contribution is 7.09. The van der Waals surface area contributed by atoms with Crippen molar-refractivity contribution >= 4 is 23.3 Å². The molecule has 2 aromatic rings. The van der Waals surface area contributed by atoms with Gasteiger partial charge in [0.2, 0.25) is 5.91 Å². The first kappa shape index (κ1) is 17.8. The lowest BCUT2D eigenvalue weighted by molar-refractivity contribution is -0.116. The number of ether oxygens (including phenoxy) is 1. The van der Waals surface area contributed by atoms with Crippen LogP contribution in [0, 0.1) is 6.92 Å². The molecule has 0 unspecified atom stereocenters. The first-order chi connectivity index (χ1) is 12.2. The summed E-state index contributed by atoms with van der Waals surface area (Å²) >= 11 is 1.58. The van der Waals surface area contributed by atoms with E-state index in [0.717, 1.165) is 49.1 Å². The van der Waals surface area contributed by atoms with E-state index in [1.165, 1.54) is 11.6 Å². The van der Waals surface area contributed by atoms with Gasteiger partial charge in [0.25, 0.3) is 0 Å². The zero-order valence-corrected chi connectivity index (χ0v) is 15.2. The number of carbonyl (C=O) groups excluding carboxylic acids is 1. The molecular weight excluding hydrogens is 334 g/mol. The maximum atomic E-state index is 12.0. The van der Waals surface area contributed by atoms with Crippen LogP contribution in [0.25, 0.3) is 6.08 Å². The highest BCUT2D eigenvalue weighted by atomic mass is 32.1. The second-order valence-corrected chi connectivity index (χ2v) is 7.11. The number of hydrogen-bond donors (Lipinski definition) is 1. The summed E-state index contributed by atoms with van der Waals surface area (Å²) in [5.41, 5.74) is 3.20. The Bertz CT molecular complexity index is 736. The predicted molar refractivity (Wildman–Crippen MR) is 100 cm³/mol. The van der Waals surface area contributed by atoms with Crippen molar-refractivity contribution in [1.82, 2.24) is 15.2 Å². The average molecular weight is 357 g/mol. The average Bonchev–Trinajstić information content (AvgIpc) is 3.05. The highest BCUT2D eigenvalue weighted by Crippen LogP contribution is 2.11. The number of benzene rings is 1. The number of carbonyl (C=O) groups is 1. The molecule has 1 aliphatic heterocycles. The monoisotopic (exact) mass is 357 g/mol. The van der Waals surface area contributed by atoms with Gasteiger partial charge in [-0.2, -0.15) is 0 Å². The summed E-state index contributed by atoms with van der Waals surface area (Å²) in [6, 6.07) is 8.37. The summed E-state index contributed by atoms with van der Waals surface area (Å²) in [7, 11) is 0. The second-order valence-electron chi connectivity index (χ2n) is 6.05. The molecule has 2 heterocycles. The van der Waals surface area contributed by atoms with Gasteiger partial charge in [0.15, 0.2) is 0 Å². The molecule has 1 N–H and O–H groups in total. The molecule has 0 saturated carbocycles. The van der Waals surface area contributed by atoms with E-state index >= 15 is 0 Å². The van der Waals surface area contributed by atoms with Crippen LogP contribution in [-0.4, -0.2) is 42.1 Å². The first-order valence-corrected chi connectivity index (χ1v) is 9.33. The third-order valence-electron chi connectivity index (χ3n) is 4.01. The number of morpholine rings is 1. The molecule has 0 aliphatic carbocycles. The molecule has 5 nitrogen and oxygen atoms in total. The molecule has 0 radical (unpaired) electrons. The lowest BCUT2D eigenvalue weighted by Gasteiger charge is -2.26. The van der Waals surface area contributed by atoms with Gasteiger partial charge in [-0.1, -0.05) is 24.3 Å². The summed E-state index contributed by atoms with van der Waals surface area (Å²) < 4.78 is 5.38. The Morgan fingerprint density at radius 2 is 2.16 bits per heavy atom. The van der Waals surface area contributed by atoms with Crippen molar-refractivity contribution in [2.75, 3.05) is 26.3 Å². The second kappa shape index (κ2) is 8.89. The van der Waals surface area contributed by atoms with Crippen LogP contribution in [0.4, 0.5) is 0 Å². The van der Waals surface area contributed by atoms with E-state index in [1.807, 2.05) is 24.4 Å². The Morgan fingerprint density at radius 3 is 2.92 bits per heavy atom. The molecule has 132 valence electrons. The van der Waals surface area contributed by atoms with Gasteiger partial charge in [-0.25, -0.2) is 4.98 Å². The fraction of sp³-hybridized carbons (Fsp3) is 0.368. The van der Waals surface area contributed by atoms with E-state index in [1.54, 1.807) is 17.4 Å². The molecule has 6 heteroatoms. The van der Waals surface area contributed by atoms with Crippen LogP contribution in [0.15, 0.2) is 35.7 Å². The molecule has 25 heavy (non-hydrogen) atoms. The third kappa shape index (κ3) is 5.77. The normalized spacial score (nSPS) is 15.6. The minimum absolute atomic E-state index is 0.107. The Balaban J connectivity index is 1.49. The lowest BCUT2D eigenvalue weighted by Crippen LogP contribution is -2.35. The van der Waals surface area contributed by atoms with Gasteiger partial charge in [0.05, 0.1) is 23.9 Å². The van der Waals surface area contributed by atoms with Crippen molar-refractivity contribution in [2.24, 2.45) is 0 Å². The lowest BCUT2D eigenvalue weighted by atomic mass is 10.1. The van der Waals surface area contributed by atoms with E-state index < -0.39 is 0 Å². The van der Waals surface area contributed by atoms with Crippen molar-refractivity contribution in [3.8, 4) is 0 Å². The molecule has 1 saturated heterocycles. The Hall–Kier alpha value is -2.02. The maximum Gasteiger partial charge on any atom is 0.244 e. The van der Waals surface area contributed by atoms with Crippen LogP contribution in [0.5, 0.6) is 0 Å². The molecule has 1 aromatic heterocycles. The maximum absolute atomic E-state index is 12.0. The van der Waals surface area contributed by atoms with Crippen molar-refractivity contribution in [3.05, 3.63) is 57.6 Å². The summed E-state index contributed by atoms with van der Waals surface area (Å²) in [5, 5.41) is 5.86. The number of aryl methyl sites for hydroxylation is 1. The van der Waals surface area contributed by atoms with Crippen molar-refractivity contribution in [3.63, 3.8) is 0 Å². The van der Waals surface area contributed by atoms with Gasteiger partial charge in [-0.15, -0.1) is 11.3 Å². The molecule has 3 rings (SSSR count). The van der Waals surface area contributed by atoms with Crippen LogP contribution in [0.3, 0.4) is 0 Å². The quantitative estimate of drug-likeness (QED) is 0.808. The highest BCUT2D eigenvalue weighted by Gasteiger charge is 2.10. The Labute approximate surface area is 152 Å². The predicted octanol–water partition coefficient (Wildman–Crippen LogP) is 2.61. The Morgan fingerprint density at radius 1 is 1.36 bits per heavy atom. The molecule has 0 atom stereocenters. The van der Waals surface area contributed by atoms with Crippen LogP contribution in [-0.2, 0) is 22.6 Å². The first-order valence-electron chi connectivity index (χ1n) is 8.45. The minimum Gasteiger partial charge on any atom is -0.379 e. The van der Waals surface area contributed by atoms with E-state index in [0.29, 0.717) is 6.54 Å². The summed E-state index contributed by atoms with van der Waals surface area (Å²) in [6.45, 7) is 6.96. The van der Waals surface area contributed by atoms with Gasteiger partial charge < -0.3 is 10.1 Å². The van der Waals surface area contributed by atoms with E-state index in [-0.39, 0.29) is 5.91 Å². The van der Waals surface area contributed by atoms with Crippen molar-refractivity contribution in [1.29, 1.82) is 0 Å². The third-order valence-corrected chi connectivity index (χ3v) is 4.80. The number of hydrogen-bond acceptors (Lipinski definition) is 5. The number of thiazole rings is 1. The van der Waals surface area contributed by atoms with E-state index in [9.17, 15) is 4.79 Å². The molecule has 1 aromatic carbocycles. The van der Waals surface area contributed by atoms with Crippen molar-refractivity contribution < 1.29 is 9.53 Å². The smallest absolute Gasteiger partial charge is 0.244 e. The zero-order chi connectivity index (χ0) is 17.5. The van der Waals surface area contributed by atoms with E-state index in [2.05, 4.69) is 27.3 Å². The SMILES string of the molecule is Cc1nc(/C=C/C(=O)NCc2cccc(CN3CCOCC3)c2)cs1. The van der Waals surface area contributed by atoms with Gasteiger partial charge in [0, 0.05) is 37.6 Å². The van der Waals surface area contributed by atoms with Crippen LogP contribution in [0.1, 0.15) is 21.8 Å². The largest absolute Gasteiger partial charge is 0.379 e. The van der Waals surface area contributed by atoms with Gasteiger partial charge in [-0.05, 0) is 24.1 Å². The van der Waals surface area contributed by atoms with E-state index in [4.69, 9.17) is 4.74 Å². The van der Waals surface area contributed by atoms with Gasteiger partial charge >= 0.3 is 0 Å². The summed E-state index contributed by atoms with van der Waals surface area (Å²) in [5.74, 6) is -0.107. The molecule has 1 fully saturated rings. The minimum atomic E-state index is -0.107. The number of amides is 1. The molecular formula is C19H23N3O2S. The topological polar surface area (TPSA) is 54.5 Å². The zero-order valence-electron chi connectivity index (χ0n) is 14.4. The van der Waals surface area contributed by atoms with Crippen LogP contribution < -0.4 is 5.32 Å². The fourth-order valence-corrected chi connectivity index (χ4v) is 3.30. The summed E-state index contributed by atoms with van der Waals surface area (Å²) in [4.78, 5) is 18.6. The number of nitrogens with zero attached hydrogens (tertiary/aromatic N) is 2. The fourth-order valence-electron chi connectivity index (χ4n) is 2.72. The molecule has 1 amide bonds. The molecule has 0 spiro atoms. The molecule has 1 aliphatic rings. The number of aromatic nitrogens is 1. The standard InChI is InChI=1S/C19H23N3O2S/c1-15-21-18(14-25-15)5-6-19(23)20-12-16-3-2-4-17(11-16)13-22-7-9-24-10-8-22/h2-6,11,14H,7-10,12-13H2,1H3,(H,20,23)/b6-5+. The van der Waals surface area contributed by atoms with Crippen LogP contribution in [0.2, 0.25) is 0 Å². The number of rotatable bonds is 6. The van der Waals surface area contributed by atoms with Gasteiger partial charge in [0.1, 0.15) is 0 Å². The Kier molecular flexibility index (Phi) is 6.33. The van der Waals surface area contributed by atoms with Gasteiger partial charge in [-0.3, -0.25) is 9.69 Å². The number of nitrogens with one attached hydrogen (secondary N) is 1.